The minimum absolute atomic E-state index is 0.213. The van der Waals surface area contributed by atoms with Crippen molar-refractivity contribution in [3.05, 3.63) is 28.5 Å². The monoisotopic (exact) mass is 287 g/mol. The Morgan fingerprint density at radius 3 is 2.69 bits per heavy atom. The molecule has 0 aliphatic carbocycles. The number of unbranched alkanes of at least 4 members (excludes halogenated alkanes) is 1. The van der Waals surface area contributed by atoms with Crippen molar-refractivity contribution in [1.82, 2.24) is 0 Å². The van der Waals surface area contributed by atoms with E-state index in [1.807, 2.05) is 6.07 Å². The maximum Gasteiger partial charge on any atom is 0.139 e. The van der Waals surface area contributed by atoms with Gasteiger partial charge in [0.1, 0.15) is 5.82 Å². The highest BCUT2D eigenvalue weighted by atomic mass is 79.9. The van der Waals surface area contributed by atoms with Crippen molar-refractivity contribution in [2.75, 3.05) is 5.32 Å². The van der Waals surface area contributed by atoms with Gasteiger partial charge < -0.3 is 5.32 Å². The molecule has 1 N–H and O–H groups in total. The van der Waals surface area contributed by atoms with Crippen molar-refractivity contribution in [3.63, 3.8) is 0 Å². The standard InChI is InChI=1S/C13H19BrFN/c1-3-5-6-10(4-2)16-11-7-8-12(14)13(15)9-11/h7-10,16H,3-6H2,1-2H3. The largest absolute Gasteiger partial charge is 0.382 e. The average Bonchev–Trinajstić information content (AvgIpc) is 2.29. The van der Waals surface area contributed by atoms with Crippen molar-refractivity contribution in [3.8, 4) is 0 Å². The van der Waals surface area contributed by atoms with Gasteiger partial charge in [-0.2, -0.15) is 0 Å². The van der Waals surface area contributed by atoms with Crippen LogP contribution in [-0.2, 0) is 0 Å². The van der Waals surface area contributed by atoms with E-state index in [1.54, 1.807) is 12.1 Å². The Hall–Kier alpha value is -0.570. The van der Waals surface area contributed by atoms with Gasteiger partial charge >= 0.3 is 0 Å². The van der Waals surface area contributed by atoms with Gasteiger partial charge in [-0.15, -0.1) is 0 Å². The molecule has 1 unspecified atom stereocenters. The van der Waals surface area contributed by atoms with Gasteiger partial charge in [-0.05, 0) is 47.0 Å². The lowest BCUT2D eigenvalue weighted by Crippen LogP contribution is -2.18. The summed E-state index contributed by atoms with van der Waals surface area (Å²) < 4.78 is 13.8. The smallest absolute Gasteiger partial charge is 0.139 e. The highest BCUT2D eigenvalue weighted by Gasteiger charge is 2.06. The molecule has 1 aromatic rings. The predicted octanol–water partition coefficient (Wildman–Crippen LogP) is 4.97. The van der Waals surface area contributed by atoms with E-state index >= 15 is 0 Å². The molecule has 1 rings (SSSR count). The molecule has 3 heteroatoms. The summed E-state index contributed by atoms with van der Waals surface area (Å²) in [5.74, 6) is -0.213. The van der Waals surface area contributed by atoms with E-state index in [0.29, 0.717) is 10.5 Å². The number of benzene rings is 1. The zero-order valence-electron chi connectivity index (χ0n) is 9.89. The summed E-state index contributed by atoms with van der Waals surface area (Å²) in [6, 6.07) is 5.63. The molecule has 0 amide bonds. The first kappa shape index (κ1) is 13.5. The van der Waals surface area contributed by atoms with Gasteiger partial charge in [0, 0.05) is 11.7 Å². The van der Waals surface area contributed by atoms with E-state index in [1.165, 1.54) is 12.8 Å². The molecule has 0 saturated heterocycles. The molecule has 16 heavy (non-hydrogen) atoms. The zero-order chi connectivity index (χ0) is 12.0. The summed E-state index contributed by atoms with van der Waals surface area (Å²) >= 11 is 3.15. The Balaban J connectivity index is 2.59. The van der Waals surface area contributed by atoms with Gasteiger partial charge in [0.05, 0.1) is 4.47 Å². The Morgan fingerprint density at radius 2 is 2.12 bits per heavy atom. The third-order valence-electron chi connectivity index (χ3n) is 2.69. The van der Waals surface area contributed by atoms with Crippen molar-refractivity contribution in [1.29, 1.82) is 0 Å². The fraction of sp³-hybridized carbons (Fsp3) is 0.538. The van der Waals surface area contributed by atoms with E-state index in [2.05, 4.69) is 35.1 Å². The molecule has 0 radical (unpaired) electrons. The first-order valence-corrected chi connectivity index (χ1v) is 6.68. The number of anilines is 1. The van der Waals surface area contributed by atoms with E-state index in [-0.39, 0.29) is 5.82 Å². The van der Waals surface area contributed by atoms with Crippen molar-refractivity contribution >= 4 is 21.6 Å². The van der Waals surface area contributed by atoms with Crippen molar-refractivity contribution in [2.45, 2.75) is 45.6 Å². The molecule has 0 bridgehead atoms. The van der Waals surface area contributed by atoms with E-state index < -0.39 is 0 Å². The minimum atomic E-state index is -0.213. The molecule has 0 saturated carbocycles. The summed E-state index contributed by atoms with van der Waals surface area (Å²) in [5.41, 5.74) is 0.864. The van der Waals surface area contributed by atoms with Crippen LogP contribution < -0.4 is 5.32 Å². The van der Waals surface area contributed by atoms with Crippen LogP contribution in [0.5, 0.6) is 0 Å². The Labute approximate surface area is 106 Å². The van der Waals surface area contributed by atoms with Gasteiger partial charge in [0.2, 0.25) is 0 Å². The zero-order valence-corrected chi connectivity index (χ0v) is 11.5. The van der Waals surface area contributed by atoms with Crippen LogP contribution in [0.1, 0.15) is 39.5 Å². The topological polar surface area (TPSA) is 12.0 Å². The first-order chi connectivity index (χ1) is 7.67. The van der Waals surface area contributed by atoms with E-state index in [9.17, 15) is 4.39 Å². The van der Waals surface area contributed by atoms with Gasteiger partial charge in [0.25, 0.3) is 0 Å². The van der Waals surface area contributed by atoms with Crippen LogP contribution in [0.15, 0.2) is 22.7 Å². The maximum absolute atomic E-state index is 13.3. The second kappa shape index (κ2) is 6.89. The summed E-state index contributed by atoms with van der Waals surface area (Å²) in [6.45, 7) is 4.34. The Kier molecular flexibility index (Phi) is 5.81. The highest BCUT2D eigenvalue weighted by molar-refractivity contribution is 9.10. The quantitative estimate of drug-likeness (QED) is 0.779. The molecule has 1 nitrogen and oxygen atoms in total. The summed E-state index contributed by atoms with van der Waals surface area (Å²) in [4.78, 5) is 0. The molecule has 0 fully saturated rings. The van der Waals surface area contributed by atoms with Crippen molar-refractivity contribution in [2.24, 2.45) is 0 Å². The number of hydrogen-bond acceptors (Lipinski definition) is 1. The first-order valence-electron chi connectivity index (χ1n) is 5.89. The Bertz CT molecular complexity index is 328. The normalized spacial score (nSPS) is 12.5. The lowest BCUT2D eigenvalue weighted by molar-refractivity contribution is 0.590. The number of halogens is 2. The minimum Gasteiger partial charge on any atom is -0.382 e. The molecule has 1 aromatic carbocycles. The second-order valence-corrected chi connectivity index (χ2v) is 4.87. The lowest BCUT2D eigenvalue weighted by atomic mass is 10.1. The third kappa shape index (κ3) is 4.12. The van der Waals surface area contributed by atoms with Crippen LogP contribution in [0.25, 0.3) is 0 Å². The second-order valence-electron chi connectivity index (χ2n) is 4.02. The Morgan fingerprint density at radius 1 is 1.38 bits per heavy atom. The van der Waals surface area contributed by atoms with Crippen LogP contribution in [0.3, 0.4) is 0 Å². The highest BCUT2D eigenvalue weighted by Crippen LogP contribution is 2.21. The molecule has 90 valence electrons. The molecular weight excluding hydrogens is 269 g/mol. The average molecular weight is 288 g/mol. The van der Waals surface area contributed by atoms with Crippen LogP contribution in [0, 0.1) is 5.82 Å². The summed E-state index contributed by atoms with van der Waals surface area (Å²) in [5, 5.41) is 3.37. The number of rotatable bonds is 6. The molecular formula is C13H19BrFN. The summed E-state index contributed by atoms with van der Waals surface area (Å²) in [7, 11) is 0. The molecule has 0 heterocycles. The SMILES string of the molecule is CCCCC(CC)Nc1ccc(Br)c(F)c1. The molecule has 0 spiro atoms. The van der Waals surface area contributed by atoms with Gasteiger partial charge in [-0.3, -0.25) is 0 Å². The fourth-order valence-corrected chi connectivity index (χ4v) is 1.90. The van der Waals surface area contributed by atoms with Crippen LogP contribution in [-0.4, -0.2) is 6.04 Å². The summed E-state index contributed by atoms with van der Waals surface area (Å²) in [6.07, 6.45) is 4.62. The predicted molar refractivity (Wildman–Crippen MR) is 71.3 cm³/mol. The van der Waals surface area contributed by atoms with Crippen LogP contribution in [0.2, 0.25) is 0 Å². The van der Waals surface area contributed by atoms with Gasteiger partial charge in [-0.25, -0.2) is 4.39 Å². The van der Waals surface area contributed by atoms with Crippen molar-refractivity contribution < 1.29 is 4.39 Å². The maximum atomic E-state index is 13.3. The molecule has 0 aromatic heterocycles. The molecule has 1 atom stereocenters. The van der Waals surface area contributed by atoms with E-state index in [0.717, 1.165) is 18.5 Å². The number of nitrogens with one attached hydrogen (secondary N) is 1. The van der Waals surface area contributed by atoms with Crippen LogP contribution >= 0.6 is 15.9 Å². The van der Waals surface area contributed by atoms with Gasteiger partial charge in [-0.1, -0.05) is 26.7 Å². The fourth-order valence-electron chi connectivity index (χ4n) is 1.65. The molecule has 0 aliphatic rings. The van der Waals surface area contributed by atoms with Gasteiger partial charge in [0.15, 0.2) is 0 Å². The lowest BCUT2D eigenvalue weighted by Gasteiger charge is -2.18. The van der Waals surface area contributed by atoms with Crippen LogP contribution in [0.4, 0.5) is 10.1 Å². The molecule has 0 aliphatic heterocycles. The van der Waals surface area contributed by atoms with E-state index in [4.69, 9.17) is 0 Å². The third-order valence-corrected chi connectivity index (χ3v) is 3.33. The number of hydrogen-bond donors (Lipinski definition) is 1.